The fraction of sp³-hybridized carbons (Fsp3) is 0.846. The molecule has 0 aromatic heterocycles. The zero-order valence-electron chi connectivity index (χ0n) is 12.0. The lowest BCUT2D eigenvalue weighted by Crippen LogP contribution is -2.64. The van der Waals surface area contributed by atoms with Crippen LogP contribution in [0.3, 0.4) is 0 Å². The Kier molecular flexibility index (Phi) is 4.36. The zero-order chi connectivity index (χ0) is 14.9. The third kappa shape index (κ3) is 3.50. The third-order valence-electron chi connectivity index (χ3n) is 3.88. The van der Waals surface area contributed by atoms with Gasteiger partial charge in [-0.2, -0.15) is 0 Å². The van der Waals surface area contributed by atoms with Crippen molar-refractivity contribution in [2.45, 2.75) is 44.7 Å². The molecule has 2 rings (SSSR count). The minimum atomic E-state index is -3.15. The number of nitrogens with one attached hydrogen (secondary N) is 1. The molecule has 2 aliphatic rings. The van der Waals surface area contributed by atoms with Crippen LogP contribution < -0.4 is 5.32 Å². The summed E-state index contributed by atoms with van der Waals surface area (Å²) in [4.78, 5) is 26.1. The Morgan fingerprint density at radius 3 is 2.45 bits per heavy atom. The van der Waals surface area contributed by atoms with Gasteiger partial charge in [0.15, 0.2) is 0 Å². The van der Waals surface area contributed by atoms with Gasteiger partial charge < -0.3 is 10.2 Å². The lowest BCUT2D eigenvalue weighted by atomic mass is 10.0. The first-order valence-electron chi connectivity index (χ1n) is 7.12. The van der Waals surface area contributed by atoms with E-state index in [1.165, 1.54) is 4.90 Å². The zero-order valence-corrected chi connectivity index (χ0v) is 12.8. The standard InChI is InChI=1S/C13H22N2O4S/c1-3-4-10-12(16)14-11(9-5-6-9)13(17)15(10)7-8-20(2,18)19/h9-11H,3-8H2,1-2H3,(H,14,16). The van der Waals surface area contributed by atoms with Gasteiger partial charge in [0.2, 0.25) is 11.8 Å². The molecule has 1 heterocycles. The summed E-state index contributed by atoms with van der Waals surface area (Å²) < 4.78 is 22.6. The molecule has 1 aliphatic carbocycles. The lowest BCUT2D eigenvalue weighted by molar-refractivity contribution is -0.149. The molecule has 1 aliphatic heterocycles. The molecule has 0 aromatic carbocycles. The van der Waals surface area contributed by atoms with Gasteiger partial charge >= 0.3 is 0 Å². The fourth-order valence-electron chi connectivity index (χ4n) is 2.62. The van der Waals surface area contributed by atoms with Crippen molar-refractivity contribution in [3.63, 3.8) is 0 Å². The second kappa shape index (κ2) is 5.71. The van der Waals surface area contributed by atoms with Crippen LogP contribution in [0.4, 0.5) is 0 Å². The molecule has 0 bridgehead atoms. The van der Waals surface area contributed by atoms with Gasteiger partial charge in [-0.1, -0.05) is 13.3 Å². The highest BCUT2D eigenvalue weighted by atomic mass is 32.2. The number of nitrogens with zero attached hydrogens (tertiary/aromatic N) is 1. The molecular formula is C13H22N2O4S. The summed E-state index contributed by atoms with van der Waals surface area (Å²) in [7, 11) is -3.15. The molecule has 0 spiro atoms. The van der Waals surface area contributed by atoms with Gasteiger partial charge in [0.05, 0.1) is 5.75 Å². The third-order valence-corrected chi connectivity index (χ3v) is 4.81. The van der Waals surface area contributed by atoms with E-state index >= 15 is 0 Å². The van der Waals surface area contributed by atoms with Crippen LogP contribution in [0.25, 0.3) is 0 Å². The Bertz CT molecular complexity index is 499. The molecule has 7 heteroatoms. The Balaban J connectivity index is 2.14. The first-order valence-corrected chi connectivity index (χ1v) is 9.18. The quantitative estimate of drug-likeness (QED) is 0.745. The summed E-state index contributed by atoms with van der Waals surface area (Å²) in [6.07, 6.45) is 4.40. The van der Waals surface area contributed by atoms with E-state index in [9.17, 15) is 18.0 Å². The smallest absolute Gasteiger partial charge is 0.246 e. The number of piperazine rings is 1. The maximum Gasteiger partial charge on any atom is 0.246 e. The van der Waals surface area contributed by atoms with Crippen molar-refractivity contribution in [3.8, 4) is 0 Å². The van der Waals surface area contributed by atoms with E-state index < -0.39 is 21.9 Å². The number of rotatable bonds is 6. The SMILES string of the molecule is CCCC1C(=O)NC(C2CC2)C(=O)N1CCS(C)(=O)=O. The van der Waals surface area contributed by atoms with Crippen LogP contribution >= 0.6 is 0 Å². The molecule has 0 aromatic rings. The molecule has 1 saturated carbocycles. The molecule has 2 atom stereocenters. The number of sulfone groups is 1. The Hall–Kier alpha value is -1.11. The van der Waals surface area contributed by atoms with Crippen molar-refractivity contribution >= 4 is 21.7 Å². The van der Waals surface area contributed by atoms with Crippen molar-refractivity contribution in [1.82, 2.24) is 10.2 Å². The number of carbonyl (C=O) groups is 2. The molecule has 2 fully saturated rings. The highest BCUT2D eigenvalue weighted by Gasteiger charge is 2.46. The number of hydrogen-bond donors (Lipinski definition) is 1. The van der Waals surface area contributed by atoms with Crippen LogP contribution in [-0.4, -0.2) is 55.8 Å². The molecule has 20 heavy (non-hydrogen) atoms. The summed E-state index contributed by atoms with van der Waals surface area (Å²) in [6, 6.07) is -0.973. The van der Waals surface area contributed by atoms with E-state index in [1.54, 1.807) is 0 Å². The monoisotopic (exact) mass is 302 g/mol. The van der Waals surface area contributed by atoms with Crippen LogP contribution in [0.2, 0.25) is 0 Å². The first-order chi connectivity index (χ1) is 9.33. The number of hydrogen-bond acceptors (Lipinski definition) is 4. The van der Waals surface area contributed by atoms with Crippen molar-refractivity contribution in [3.05, 3.63) is 0 Å². The van der Waals surface area contributed by atoms with E-state index in [2.05, 4.69) is 5.32 Å². The largest absolute Gasteiger partial charge is 0.342 e. The summed E-state index contributed by atoms with van der Waals surface area (Å²) in [5.74, 6) is -0.121. The maximum absolute atomic E-state index is 12.5. The van der Waals surface area contributed by atoms with Crippen molar-refractivity contribution in [1.29, 1.82) is 0 Å². The van der Waals surface area contributed by atoms with Gasteiger partial charge in [-0.3, -0.25) is 9.59 Å². The average molecular weight is 302 g/mol. The lowest BCUT2D eigenvalue weighted by Gasteiger charge is -2.39. The molecule has 1 N–H and O–H groups in total. The molecule has 6 nitrogen and oxygen atoms in total. The minimum Gasteiger partial charge on any atom is -0.342 e. The minimum absolute atomic E-state index is 0.0936. The Morgan fingerprint density at radius 2 is 1.95 bits per heavy atom. The second-order valence-corrected chi connectivity index (χ2v) is 8.05. The average Bonchev–Trinajstić information content (AvgIpc) is 3.15. The maximum atomic E-state index is 12.5. The van der Waals surface area contributed by atoms with Crippen molar-refractivity contribution in [2.75, 3.05) is 18.6 Å². The summed E-state index contributed by atoms with van der Waals surface area (Å²) in [6.45, 7) is 2.05. The predicted molar refractivity (Wildman–Crippen MR) is 74.8 cm³/mol. The molecule has 1 saturated heterocycles. The van der Waals surface area contributed by atoms with Crippen LogP contribution in [0.5, 0.6) is 0 Å². The Labute approximate surface area is 119 Å². The molecule has 114 valence electrons. The normalized spacial score (nSPS) is 27.6. The van der Waals surface area contributed by atoms with Crippen molar-refractivity contribution < 1.29 is 18.0 Å². The molecule has 2 amide bonds. The molecule has 0 radical (unpaired) electrons. The number of carbonyl (C=O) groups excluding carboxylic acids is 2. The van der Waals surface area contributed by atoms with Gasteiger partial charge in [-0.25, -0.2) is 8.42 Å². The first kappa shape index (κ1) is 15.3. The van der Waals surface area contributed by atoms with Crippen LogP contribution in [0.15, 0.2) is 0 Å². The molecule has 2 unspecified atom stereocenters. The van der Waals surface area contributed by atoms with Gasteiger partial charge in [0.1, 0.15) is 21.9 Å². The Morgan fingerprint density at radius 1 is 1.30 bits per heavy atom. The second-order valence-electron chi connectivity index (χ2n) is 5.79. The van der Waals surface area contributed by atoms with E-state index in [0.29, 0.717) is 6.42 Å². The van der Waals surface area contributed by atoms with Crippen LogP contribution in [0.1, 0.15) is 32.6 Å². The van der Waals surface area contributed by atoms with Crippen LogP contribution in [-0.2, 0) is 19.4 Å². The van der Waals surface area contributed by atoms with Crippen LogP contribution in [0, 0.1) is 5.92 Å². The van der Waals surface area contributed by atoms with E-state index in [-0.39, 0.29) is 30.0 Å². The number of amides is 2. The van der Waals surface area contributed by atoms with Gasteiger partial charge in [0, 0.05) is 12.8 Å². The molecular weight excluding hydrogens is 280 g/mol. The van der Waals surface area contributed by atoms with Gasteiger partial charge in [0.25, 0.3) is 0 Å². The van der Waals surface area contributed by atoms with Gasteiger partial charge in [-0.05, 0) is 25.2 Å². The van der Waals surface area contributed by atoms with Gasteiger partial charge in [-0.15, -0.1) is 0 Å². The topological polar surface area (TPSA) is 83.6 Å². The summed E-state index contributed by atoms with van der Waals surface area (Å²) in [5, 5.41) is 2.81. The fourth-order valence-corrected chi connectivity index (χ4v) is 3.15. The van der Waals surface area contributed by atoms with Crippen molar-refractivity contribution in [2.24, 2.45) is 5.92 Å². The summed E-state index contributed by atoms with van der Waals surface area (Å²) in [5.41, 5.74) is 0. The highest BCUT2D eigenvalue weighted by molar-refractivity contribution is 7.90. The summed E-state index contributed by atoms with van der Waals surface area (Å²) >= 11 is 0. The van der Waals surface area contributed by atoms with E-state index in [1.807, 2.05) is 6.92 Å². The van der Waals surface area contributed by atoms with E-state index in [0.717, 1.165) is 25.5 Å². The highest BCUT2D eigenvalue weighted by Crippen LogP contribution is 2.35. The van der Waals surface area contributed by atoms with E-state index in [4.69, 9.17) is 0 Å². The predicted octanol–water partition coefficient (Wildman–Crippen LogP) is -0.0633.